The van der Waals surface area contributed by atoms with Gasteiger partial charge in [-0.25, -0.2) is 4.99 Å². The molecule has 0 spiro atoms. The average Bonchev–Trinajstić information content (AvgIpc) is 2.93. The van der Waals surface area contributed by atoms with Crippen molar-refractivity contribution in [2.75, 3.05) is 5.75 Å². The summed E-state index contributed by atoms with van der Waals surface area (Å²) in [6.07, 6.45) is 3.01. The van der Waals surface area contributed by atoms with Crippen molar-refractivity contribution < 1.29 is 0 Å². The molecular weight excluding hydrogens is 286 g/mol. The first-order chi connectivity index (χ1) is 9.72. The minimum atomic E-state index is 0.609. The molecule has 0 saturated carbocycles. The number of nitrogens with zero attached hydrogens (tertiary/aromatic N) is 3. The number of hydrogen-bond acceptors (Lipinski definition) is 5. The molecule has 2 aromatic rings. The van der Waals surface area contributed by atoms with Gasteiger partial charge in [-0.3, -0.25) is 0 Å². The van der Waals surface area contributed by atoms with Gasteiger partial charge in [0.25, 0.3) is 0 Å². The van der Waals surface area contributed by atoms with Crippen LogP contribution in [0.4, 0.5) is 5.13 Å². The van der Waals surface area contributed by atoms with Gasteiger partial charge in [-0.15, -0.1) is 10.2 Å². The predicted octanol–water partition coefficient (Wildman–Crippen LogP) is 4.91. The van der Waals surface area contributed by atoms with Crippen LogP contribution in [0.5, 0.6) is 0 Å². The molecule has 0 radical (unpaired) electrons. The Morgan fingerprint density at radius 1 is 1.25 bits per heavy atom. The lowest BCUT2D eigenvalue weighted by molar-refractivity contribution is 0.733. The van der Waals surface area contributed by atoms with E-state index in [9.17, 15) is 0 Å². The lowest BCUT2D eigenvalue weighted by atomic mass is 9.98. The fraction of sp³-hybridized carbons (Fsp3) is 0.400. The highest BCUT2D eigenvalue weighted by Gasteiger charge is 2.03. The van der Waals surface area contributed by atoms with E-state index in [2.05, 4.69) is 60.2 Å². The highest BCUT2D eigenvalue weighted by atomic mass is 32.2. The van der Waals surface area contributed by atoms with Gasteiger partial charge in [0, 0.05) is 6.21 Å². The highest BCUT2D eigenvalue weighted by molar-refractivity contribution is 8.01. The number of hydrogen-bond donors (Lipinski definition) is 0. The van der Waals surface area contributed by atoms with E-state index in [1.54, 1.807) is 11.8 Å². The maximum Gasteiger partial charge on any atom is 0.232 e. The zero-order chi connectivity index (χ0) is 14.4. The van der Waals surface area contributed by atoms with E-state index < -0.39 is 0 Å². The number of aromatic nitrogens is 2. The smallest absolute Gasteiger partial charge is 0.226 e. The van der Waals surface area contributed by atoms with Gasteiger partial charge in [-0.1, -0.05) is 68.1 Å². The Hall–Kier alpha value is -1.20. The van der Waals surface area contributed by atoms with E-state index in [1.807, 2.05) is 6.21 Å². The van der Waals surface area contributed by atoms with Crippen LogP contribution in [0.15, 0.2) is 33.6 Å². The summed E-state index contributed by atoms with van der Waals surface area (Å²) >= 11 is 3.23. The first kappa shape index (κ1) is 15.2. The summed E-state index contributed by atoms with van der Waals surface area (Å²) in [5.41, 5.74) is 2.47. The number of aliphatic imine (C=N–C) groups is 1. The SMILES string of the molecule is CCSc1nnc(N=Cc2ccc(C(C)CC)cc2)s1. The van der Waals surface area contributed by atoms with E-state index >= 15 is 0 Å². The monoisotopic (exact) mass is 305 g/mol. The van der Waals surface area contributed by atoms with Gasteiger partial charge in [0.2, 0.25) is 5.13 Å². The van der Waals surface area contributed by atoms with Gasteiger partial charge in [-0.05, 0) is 29.2 Å². The van der Waals surface area contributed by atoms with E-state index in [0.29, 0.717) is 11.0 Å². The largest absolute Gasteiger partial charge is 0.232 e. The van der Waals surface area contributed by atoms with Crippen LogP contribution in [0.2, 0.25) is 0 Å². The average molecular weight is 305 g/mol. The van der Waals surface area contributed by atoms with E-state index in [0.717, 1.165) is 22.1 Å². The van der Waals surface area contributed by atoms with E-state index in [1.165, 1.54) is 16.9 Å². The van der Waals surface area contributed by atoms with Crippen molar-refractivity contribution in [3.63, 3.8) is 0 Å². The van der Waals surface area contributed by atoms with Gasteiger partial charge in [0.15, 0.2) is 4.34 Å². The van der Waals surface area contributed by atoms with Crippen LogP contribution in [0.3, 0.4) is 0 Å². The third kappa shape index (κ3) is 4.15. The third-order valence-corrected chi connectivity index (χ3v) is 4.95. The predicted molar refractivity (Wildman–Crippen MR) is 88.7 cm³/mol. The topological polar surface area (TPSA) is 38.1 Å². The van der Waals surface area contributed by atoms with Crippen LogP contribution in [0.25, 0.3) is 0 Å². The van der Waals surface area contributed by atoms with Crippen molar-refractivity contribution in [1.82, 2.24) is 10.2 Å². The van der Waals surface area contributed by atoms with Crippen molar-refractivity contribution in [3.8, 4) is 0 Å². The second-order valence-electron chi connectivity index (χ2n) is 4.52. The number of rotatable bonds is 6. The Labute approximate surface area is 128 Å². The molecule has 20 heavy (non-hydrogen) atoms. The zero-order valence-electron chi connectivity index (χ0n) is 12.0. The molecule has 0 bridgehead atoms. The van der Waals surface area contributed by atoms with Crippen LogP contribution < -0.4 is 0 Å². The molecule has 1 heterocycles. The second kappa shape index (κ2) is 7.55. The molecule has 2 rings (SSSR count). The molecule has 0 amide bonds. The number of thioether (sulfide) groups is 1. The summed E-state index contributed by atoms with van der Waals surface area (Å²) in [4.78, 5) is 4.38. The van der Waals surface area contributed by atoms with Crippen molar-refractivity contribution in [3.05, 3.63) is 35.4 Å². The van der Waals surface area contributed by atoms with Crippen molar-refractivity contribution in [2.45, 2.75) is 37.4 Å². The van der Waals surface area contributed by atoms with Crippen molar-refractivity contribution in [1.29, 1.82) is 0 Å². The molecule has 0 saturated heterocycles. The Bertz CT molecular complexity index is 561. The normalized spacial score (nSPS) is 12.9. The molecule has 0 N–H and O–H groups in total. The summed E-state index contributed by atoms with van der Waals surface area (Å²) in [5, 5.41) is 8.86. The molecule has 0 aliphatic carbocycles. The Balaban J connectivity index is 2.03. The maximum absolute atomic E-state index is 4.38. The van der Waals surface area contributed by atoms with Gasteiger partial charge in [0.1, 0.15) is 0 Å². The summed E-state index contributed by atoms with van der Waals surface area (Å²) in [5.74, 6) is 1.62. The molecule has 1 aromatic heterocycles. The Morgan fingerprint density at radius 2 is 2.00 bits per heavy atom. The molecule has 1 atom stereocenters. The van der Waals surface area contributed by atoms with Crippen LogP contribution in [0.1, 0.15) is 44.2 Å². The summed E-state index contributed by atoms with van der Waals surface area (Å²) in [6.45, 7) is 6.56. The summed E-state index contributed by atoms with van der Waals surface area (Å²) in [6, 6.07) is 8.56. The molecule has 0 fully saturated rings. The minimum Gasteiger partial charge on any atom is -0.226 e. The third-order valence-electron chi connectivity index (χ3n) is 3.11. The zero-order valence-corrected chi connectivity index (χ0v) is 13.7. The fourth-order valence-electron chi connectivity index (χ4n) is 1.71. The lowest BCUT2D eigenvalue weighted by Crippen LogP contribution is -1.91. The quantitative estimate of drug-likeness (QED) is 0.562. The molecule has 1 unspecified atom stereocenters. The molecule has 5 heteroatoms. The van der Waals surface area contributed by atoms with Gasteiger partial charge in [0.05, 0.1) is 0 Å². The maximum atomic E-state index is 4.38. The van der Waals surface area contributed by atoms with Gasteiger partial charge >= 0.3 is 0 Å². The molecule has 3 nitrogen and oxygen atoms in total. The molecule has 0 aliphatic rings. The van der Waals surface area contributed by atoms with Crippen LogP contribution in [-0.4, -0.2) is 22.2 Å². The summed E-state index contributed by atoms with van der Waals surface area (Å²) < 4.78 is 0.978. The van der Waals surface area contributed by atoms with E-state index in [-0.39, 0.29) is 0 Å². The Kier molecular flexibility index (Phi) is 5.73. The molecular formula is C15H19N3S2. The summed E-state index contributed by atoms with van der Waals surface area (Å²) in [7, 11) is 0. The minimum absolute atomic E-state index is 0.609. The fourth-order valence-corrected chi connectivity index (χ4v) is 3.30. The lowest BCUT2D eigenvalue weighted by Gasteiger charge is -2.08. The van der Waals surface area contributed by atoms with Crippen LogP contribution in [0, 0.1) is 0 Å². The Morgan fingerprint density at radius 3 is 2.65 bits per heavy atom. The van der Waals surface area contributed by atoms with Crippen LogP contribution >= 0.6 is 23.1 Å². The first-order valence-corrected chi connectivity index (χ1v) is 8.63. The van der Waals surface area contributed by atoms with Gasteiger partial charge in [-0.2, -0.15) is 0 Å². The van der Waals surface area contributed by atoms with Gasteiger partial charge < -0.3 is 0 Å². The second-order valence-corrected chi connectivity index (χ2v) is 6.98. The standard InChI is InChI=1S/C15H19N3S2/c1-4-11(3)13-8-6-12(7-9-13)10-16-14-17-18-15(20-14)19-5-2/h6-11H,4-5H2,1-3H3. The molecule has 106 valence electrons. The highest BCUT2D eigenvalue weighted by Crippen LogP contribution is 2.26. The molecule has 0 aliphatic heterocycles. The van der Waals surface area contributed by atoms with Crippen LogP contribution in [-0.2, 0) is 0 Å². The first-order valence-electron chi connectivity index (χ1n) is 6.83. The molecule has 1 aromatic carbocycles. The van der Waals surface area contributed by atoms with Crippen molar-refractivity contribution in [2.24, 2.45) is 4.99 Å². The number of benzene rings is 1. The van der Waals surface area contributed by atoms with Crippen molar-refractivity contribution >= 4 is 34.4 Å². The van der Waals surface area contributed by atoms with E-state index in [4.69, 9.17) is 0 Å².